The fourth-order valence-electron chi connectivity index (χ4n) is 1.06. The Labute approximate surface area is 106 Å². The van der Waals surface area contributed by atoms with Crippen LogP contribution in [0, 0.1) is 0 Å². The third-order valence-electron chi connectivity index (χ3n) is 1.52. The van der Waals surface area contributed by atoms with Gasteiger partial charge in [0.2, 0.25) is 8.32 Å². The predicted molar refractivity (Wildman–Crippen MR) is 73.9 cm³/mol. The van der Waals surface area contributed by atoms with Gasteiger partial charge >= 0.3 is 6.03 Å². The summed E-state index contributed by atoms with van der Waals surface area (Å²) >= 11 is 0. The molecule has 100 valence electrons. The van der Waals surface area contributed by atoms with E-state index >= 15 is 0 Å². The highest BCUT2D eigenvalue weighted by atomic mass is 28.4. The van der Waals surface area contributed by atoms with E-state index in [1.54, 1.807) is 0 Å². The van der Waals surface area contributed by atoms with Crippen LogP contribution in [0.4, 0.5) is 4.79 Å². The molecule has 17 heavy (non-hydrogen) atoms. The predicted octanol–water partition coefficient (Wildman–Crippen LogP) is 1.89. The van der Waals surface area contributed by atoms with Gasteiger partial charge in [-0.3, -0.25) is 4.79 Å². The Balaban J connectivity index is 3.78. The van der Waals surface area contributed by atoms with Gasteiger partial charge in [0, 0.05) is 6.54 Å². The minimum absolute atomic E-state index is 0.204. The van der Waals surface area contributed by atoms with E-state index in [1.165, 1.54) is 0 Å². The highest BCUT2D eigenvalue weighted by molar-refractivity contribution is 6.75. The largest absolute Gasteiger partial charge is 0.520 e. The van der Waals surface area contributed by atoms with Crippen LogP contribution in [-0.2, 0) is 9.22 Å². The molecule has 0 saturated heterocycles. The number of urea groups is 1. The third kappa shape index (κ3) is 11.4. The van der Waals surface area contributed by atoms with E-state index in [4.69, 9.17) is 4.43 Å². The van der Waals surface area contributed by atoms with Crippen molar-refractivity contribution in [3.05, 3.63) is 0 Å². The highest BCUT2D eigenvalue weighted by Crippen LogP contribution is 2.03. The Morgan fingerprint density at radius 3 is 2.00 bits per heavy atom. The Hall–Kier alpha value is -0.826. The average Bonchev–Trinajstić information content (AvgIpc) is 1.95. The molecule has 0 atom stereocenters. The first kappa shape index (κ1) is 16.2. The second kappa shape index (κ2) is 6.20. The Bertz CT molecular complexity index is 254. The monoisotopic (exact) mass is 276 g/mol. The van der Waals surface area contributed by atoms with Crippen LogP contribution in [0.25, 0.3) is 0 Å². The molecular weight excluding hydrogens is 252 g/mol. The lowest BCUT2D eigenvalue weighted by Gasteiger charge is -2.19. The lowest BCUT2D eigenvalue weighted by atomic mass is 10.4. The number of hydrogen-bond donors (Lipinski definition) is 2. The van der Waals surface area contributed by atoms with Gasteiger partial charge in [0.15, 0.2) is 0 Å². The number of carbonyl (C=O) groups is 2. The Kier molecular flexibility index (Phi) is 5.90. The quantitative estimate of drug-likeness (QED) is 0.754. The van der Waals surface area contributed by atoms with Crippen molar-refractivity contribution in [2.24, 2.45) is 0 Å². The molecule has 7 heteroatoms. The van der Waals surface area contributed by atoms with Gasteiger partial charge in [0.1, 0.15) is 8.24 Å². The zero-order chi connectivity index (χ0) is 13.7. The molecule has 0 fully saturated rings. The van der Waals surface area contributed by atoms with Crippen molar-refractivity contribution in [2.75, 3.05) is 6.54 Å². The molecule has 5 nitrogen and oxygen atoms in total. The SMILES string of the molecule is C[Si](C)(C)NC(=O)NCCC(=O)O[Si](C)(C)C. The zero-order valence-corrected chi connectivity index (χ0v) is 13.6. The average molecular weight is 276 g/mol. The molecule has 0 aliphatic rings. The van der Waals surface area contributed by atoms with Gasteiger partial charge in [-0.25, -0.2) is 4.79 Å². The molecule has 2 amide bonds. The van der Waals surface area contributed by atoms with Crippen LogP contribution >= 0.6 is 0 Å². The van der Waals surface area contributed by atoms with Gasteiger partial charge < -0.3 is 14.7 Å². The van der Waals surface area contributed by atoms with Crippen molar-refractivity contribution in [2.45, 2.75) is 45.7 Å². The summed E-state index contributed by atoms with van der Waals surface area (Å²) in [6.07, 6.45) is 0.226. The summed E-state index contributed by atoms with van der Waals surface area (Å²) in [7, 11) is -3.41. The van der Waals surface area contributed by atoms with Crippen molar-refractivity contribution >= 4 is 28.6 Å². The third-order valence-corrected chi connectivity index (χ3v) is 3.34. The van der Waals surface area contributed by atoms with E-state index in [1.807, 2.05) is 39.3 Å². The molecule has 0 bridgehead atoms. The van der Waals surface area contributed by atoms with Crippen molar-refractivity contribution in [1.82, 2.24) is 10.3 Å². The molecule has 0 saturated carbocycles. The second-order valence-corrected chi connectivity index (χ2v) is 15.1. The van der Waals surface area contributed by atoms with Gasteiger partial charge in [-0.15, -0.1) is 0 Å². The maximum Gasteiger partial charge on any atom is 0.306 e. The van der Waals surface area contributed by atoms with Crippen molar-refractivity contribution in [1.29, 1.82) is 0 Å². The van der Waals surface area contributed by atoms with Crippen LogP contribution < -0.4 is 10.3 Å². The van der Waals surface area contributed by atoms with Crippen LogP contribution in [0.2, 0.25) is 39.3 Å². The maximum atomic E-state index is 11.4. The first-order chi connectivity index (χ1) is 7.49. The Morgan fingerprint density at radius 2 is 1.59 bits per heavy atom. The molecule has 0 aliphatic heterocycles. The molecule has 0 rings (SSSR count). The number of hydrogen-bond acceptors (Lipinski definition) is 3. The number of carbonyl (C=O) groups excluding carboxylic acids is 2. The normalized spacial score (nSPS) is 11.9. The number of rotatable bonds is 5. The van der Waals surface area contributed by atoms with Gasteiger partial charge in [0.25, 0.3) is 5.97 Å². The molecular formula is C10H24N2O3Si2. The van der Waals surface area contributed by atoms with Crippen LogP contribution in [0.15, 0.2) is 0 Å². The van der Waals surface area contributed by atoms with Crippen molar-refractivity contribution in [3.8, 4) is 0 Å². The first-order valence-corrected chi connectivity index (χ1v) is 12.7. The molecule has 0 aromatic rings. The van der Waals surface area contributed by atoms with E-state index in [0.717, 1.165) is 0 Å². The second-order valence-electron chi connectivity index (χ2n) is 5.97. The van der Waals surface area contributed by atoms with Gasteiger partial charge in [-0.05, 0) is 19.6 Å². The molecule has 0 aromatic heterocycles. The highest BCUT2D eigenvalue weighted by Gasteiger charge is 2.20. The smallest absolute Gasteiger partial charge is 0.306 e. The molecule has 0 spiro atoms. The molecule has 2 N–H and O–H groups in total. The summed E-state index contributed by atoms with van der Waals surface area (Å²) in [5.74, 6) is -0.238. The van der Waals surface area contributed by atoms with Crippen LogP contribution in [-0.4, -0.2) is 35.1 Å². The summed E-state index contributed by atoms with van der Waals surface area (Å²) in [6.45, 7) is 12.3. The summed E-state index contributed by atoms with van der Waals surface area (Å²) in [5.41, 5.74) is 0. The van der Waals surface area contributed by atoms with Crippen LogP contribution in [0.3, 0.4) is 0 Å². The van der Waals surface area contributed by atoms with Crippen molar-refractivity contribution < 1.29 is 14.0 Å². The van der Waals surface area contributed by atoms with E-state index in [9.17, 15) is 9.59 Å². The molecule has 0 unspecified atom stereocenters. The van der Waals surface area contributed by atoms with E-state index in [2.05, 4.69) is 10.3 Å². The van der Waals surface area contributed by atoms with Crippen molar-refractivity contribution in [3.63, 3.8) is 0 Å². The summed E-state index contributed by atoms with van der Waals surface area (Å²) in [6, 6.07) is -0.204. The topological polar surface area (TPSA) is 67.4 Å². The fourth-order valence-corrected chi connectivity index (χ4v) is 2.61. The lowest BCUT2D eigenvalue weighted by Crippen LogP contribution is -2.50. The van der Waals surface area contributed by atoms with E-state index < -0.39 is 16.6 Å². The number of amides is 2. The van der Waals surface area contributed by atoms with Gasteiger partial charge in [-0.2, -0.15) is 0 Å². The minimum Gasteiger partial charge on any atom is -0.520 e. The Morgan fingerprint density at radius 1 is 1.06 bits per heavy atom. The minimum atomic E-state index is -1.81. The van der Waals surface area contributed by atoms with Gasteiger partial charge in [-0.1, -0.05) is 19.6 Å². The first-order valence-electron chi connectivity index (χ1n) is 5.77. The summed E-state index contributed by atoms with van der Waals surface area (Å²) in [4.78, 5) is 25.7. The van der Waals surface area contributed by atoms with E-state index in [0.29, 0.717) is 6.54 Å². The molecule has 0 aromatic carbocycles. The summed E-state index contributed by atoms with van der Waals surface area (Å²) in [5, 5.41) is 2.66. The summed E-state index contributed by atoms with van der Waals surface area (Å²) < 4.78 is 5.26. The number of nitrogens with one attached hydrogen (secondary N) is 2. The molecule has 0 radical (unpaired) electrons. The fraction of sp³-hybridized carbons (Fsp3) is 0.800. The molecule has 0 heterocycles. The van der Waals surface area contributed by atoms with Crippen LogP contribution in [0.1, 0.15) is 6.42 Å². The van der Waals surface area contributed by atoms with Crippen LogP contribution in [0.5, 0.6) is 0 Å². The standard InChI is InChI=1S/C10H24N2O3Si2/c1-16(2,3)12-10(14)11-8-7-9(13)15-17(4,5)6/h7-8H2,1-6H3,(H2,11,12,14). The molecule has 0 aliphatic carbocycles. The van der Waals surface area contributed by atoms with E-state index in [-0.39, 0.29) is 18.4 Å². The maximum absolute atomic E-state index is 11.4. The lowest BCUT2D eigenvalue weighted by molar-refractivity contribution is -0.134. The van der Waals surface area contributed by atoms with Gasteiger partial charge in [0.05, 0.1) is 6.42 Å². The zero-order valence-electron chi connectivity index (χ0n) is 11.6.